The number of carbonyl (C=O) groups is 1. The summed E-state index contributed by atoms with van der Waals surface area (Å²) in [4.78, 5) is 16.4. The van der Waals surface area contributed by atoms with E-state index in [2.05, 4.69) is 10.3 Å². The van der Waals surface area contributed by atoms with Crippen LogP contribution in [0.25, 0.3) is 5.65 Å². The second-order valence-electron chi connectivity index (χ2n) is 6.74. The average molecular weight is 439 g/mol. The topological polar surface area (TPSA) is 89.8 Å². The zero-order chi connectivity index (χ0) is 22.0. The van der Waals surface area contributed by atoms with E-state index in [1.54, 1.807) is 47.3 Å². The van der Waals surface area contributed by atoms with Gasteiger partial charge in [0.2, 0.25) is 9.84 Å². The minimum absolute atomic E-state index is 0.0257. The first-order valence-corrected chi connectivity index (χ1v) is 10.8. The van der Waals surface area contributed by atoms with Crippen molar-refractivity contribution in [3.8, 4) is 5.75 Å². The van der Waals surface area contributed by atoms with Crippen LogP contribution >= 0.6 is 0 Å². The summed E-state index contributed by atoms with van der Waals surface area (Å²) >= 11 is 0. The summed E-state index contributed by atoms with van der Waals surface area (Å²) in [5.74, 6) is -1.05. The van der Waals surface area contributed by atoms with E-state index in [1.165, 1.54) is 31.4 Å². The molecule has 0 saturated carbocycles. The van der Waals surface area contributed by atoms with Crippen LogP contribution in [0.5, 0.6) is 5.75 Å². The molecule has 0 bridgehead atoms. The molecule has 9 heteroatoms. The lowest BCUT2D eigenvalue weighted by Gasteiger charge is -2.09. The predicted octanol–water partition coefficient (Wildman–Crippen LogP) is 3.24. The zero-order valence-electron chi connectivity index (χ0n) is 16.4. The smallest absolute Gasteiger partial charge is 0.253 e. The molecule has 0 aliphatic rings. The Labute approximate surface area is 178 Å². The molecule has 4 rings (SSSR count). The van der Waals surface area contributed by atoms with Gasteiger partial charge >= 0.3 is 0 Å². The fraction of sp³-hybridized carbons (Fsp3) is 0.0909. The summed E-state index contributed by atoms with van der Waals surface area (Å²) in [6.45, 7) is 0.221. The number of carbonyl (C=O) groups excluding carboxylic acids is 1. The third-order valence-corrected chi connectivity index (χ3v) is 6.54. The molecule has 158 valence electrons. The van der Waals surface area contributed by atoms with E-state index in [4.69, 9.17) is 4.74 Å². The van der Waals surface area contributed by atoms with E-state index in [0.717, 1.165) is 17.3 Å². The maximum absolute atomic E-state index is 13.9. The van der Waals surface area contributed by atoms with E-state index >= 15 is 0 Å². The number of fused-ring (bicyclic) bond motifs is 1. The van der Waals surface area contributed by atoms with Gasteiger partial charge in [0.15, 0.2) is 11.6 Å². The third kappa shape index (κ3) is 4.13. The molecule has 4 aromatic rings. The molecule has 0 spiro atoms. The first-order valence-electron chi connectivity index (χ1n) is 9.27. The van der Waals surface area contributed by atoms with Gasteiger partial charge in [-0.05, 0) is 48.0 Å². The molecule has 7 nitrogen and oxygen atoms in total. The lowest BCUT2D eigenvalue weighted by atomic mass is 10.2. The quantitative estimate of drug-likeness (QED) is 0.498. The normalized spacial score (nSPS) is 11.4. The highest BCUT2D eigenvalue weighted by Crippen LogP contribution is 2.25. The first kappa shape index (κ1) is 20.5. The number of hydrogen-bond acceptors (Lipinski definition) is 5. The van der Waals surface area contributed by atoms with E-state index in [-0.39, 0.29) is 28.0 Å². The van der Waals surface area contributed by atoms with Crippen LogP contribution < -0.4 is 10.1 Å². The molecule has 0 aliphatic heterocycles. The number of amides is 1. The van der Waals surface area contributed by atoms with Crippen molar-refractivity contribution >= 4 is 21.4 Å². The Morgan fingerprint density at radius 2 is 1.84 bits per heavy atom. The second kappa shape index (κ2) is 8.19. The SMILES string of the molecule is COc1ccc(S(=O)(=O)c2ccc(CNC(=O)c3ccc4nccn4c3)cc2)cc1F. The van der Waals surface area contributed by atoms with Gasteiger partial charge in [-0.1, -0.05) is 12.1 Å². The first-order chi connectivity index (χ1) is 14.9. The Hall–Kier alpha value is -3.72. The number of benzene rings is 2. The number of sulfone groups is 1. The molecule has 2 heterocycles. The summed E-state index contributed by atoms with van der Waals surface area (Å²) in [5.41, 5.74) is 1.94. The summed E-state index contributed by atoms with van der Waals surface area (Å²) in [6.07, 6.45) is 5.08. The number of imidazole rings is 1. The number of nitrogens with zero attached hydrogens (tertiary/aromatic N) is 2. The molecule has 1 amide bonds. The van der Waals surface area contributed by atoms with Crippen molar-refractivity contribution in [3.05, 3.63) is 90.1 Å². The van der Waals surface area contributed by atoms with Crippen molar-refractivity contribution in [3.63, 3.8) is 0 Å². The van der Waals surface area contributed by atoms with Gasteiger partial charge in [-0.3, -0.25) is 4.79 Å². The number of ether oxygens (including phenoxy) is 1. The molecule has 0 unspecified atom stereocenters. The summed E-state index contributed by atoms with van der Waals surface area (Å²) in [7, 11) is -2.58. The summed E-state index contributed by atoms with van der Waals surface area (Å²) < 4.78 is 46.0. The molecule has 0 radical (unpaired) electrons. The van der Waals surface area contributed by atoms with Crippen molar-refractivity contribution in [2.45, 2.75) is 16.3 Å². The molecule has 31 heavy (non-hydrogen) atoms. The van der Waals surface area contributed by atoms with Crippen LogP contribution in [0, 0.1) is 5.82 Å². The Morgan fingerprint density at radius 1 is 1.10 bits per heavy atom. The molecule has 2 aromatic carbocycles. The van der Waals surface area contributed by atoms with E-state index in [0.29, 0.717) is 5.56 Å². The van der Waals surface area contributed by atoms with Crippen molar-refractivity contribution in [1.82, 2.24) is 14.7 Å². The van der Waals surface area contributed by atoms with Crippen LogP contribution in [-0.2, 0) is 16.4 Å². The standard InChI is InChI=1S/C22H18FN3O4S/c1-30-20-8-7-18(12-19(20)23)31(28,29)17-5-2-15(3-6-17)13-25-22(27)16-4-9-21-24-10-11-26(21)14-16/h2-12,14H,13H2,1H3,(H,25,27). The molecule has 0 atom stereocenters. The molecular formula is C22H18FN3O4S. The van der Waals surface area contributed by atoms with Crippen LogP contribution in [0.15, 0.2) is 83.0 Å². The van der Waals surface area contributed by atoms with E-state index in [9.17, 15) is 17.6 Å². The maximum atomic E-state index is 13.9. The third-order valence-electron chi connectivity index (χ3n) is 4.77. The van der Waals surface area contributed by atoms with Crippen molar-refractivity contribution in [2.24, 2.45) is 0 Å². The van der Waals surface area contributed by atoms with Crippen molar-refractivity contribution < 1.29 is 22.3 Å². The molecule has 1 N–H and O–H groups in total. The maximum Gasteiger partial charge on any atom is 0.253 e. The van der Waals surface area contributed by atoms with Gasteiger partial charge in [0.25, 0.3) is 5.91 Å². The van der Waals surface area contributed by atoms with Crippen LogP contribution in [0.1, 0.15) is 15.9 Å². The van der Waals surface area contributed by atoms with Gasteiger partial charge in [-0.25, -0.2) is 17.8 Å². The van der Waals surface area contributed by atoms with E-state index < -0.39 is 15.7 Å². The number of hydrogen-bond donors (Lipinski definition) is 1. The van der Waals surface area contributed by atoms with Gasteiger partial charge in [-0.15, -0.1) is 0 Å². The van der Waals surface area contributed by atoms with E-state index in [1.807, 2.05) is 0 Å². The minimum atomic E-state index is -3.88. The molecule has 0 aliphatic carbocycles. The summed E-state index contributed by atoms with van der Waals surface area (Å²) in [5, 5.41) is 2.80. The molecular weight excluding hydrogens is 421 g/mol. The Bertz CT molecular complexity index is 1370. The lowest BCUT2D eigenvalue weighted by Crippen LogP contribution is -2.23. The second-order valence-corrected chi connectivity index (χ2v) is 8.69. The number of rotatable bonds is 6. The van der Waals surface area contributed by atoms with Crippen LogP contribution in [0.2, 0.25) is 0 Å². The highest BCUT2D eigenvalue weighted by atomic mass is 32.2. The molecule has 0 saturated heterocycles. The Morgan fingerprint density at radius 3 is 2.55 bits per heavy atom. The van der Waals surface area contributed by atoms with Crippen LogP contribution in [0.3, 0.4) is 0 Å². The number of aromatic nitrogens is 2. The van der Waals surface area contributed by atoms with Crippen molar-refractivity contribution in [2.75, 3.05) is 7.11 Å². The Kier molecular flexibility index (Phi) is 5.43. The van der Waals surface area contributed by atoms with Crippen molar-refractivity contribution in [1.29, 1.82) is 0 Å². The number of nitrogens with one attached hydrogen (secondary N) is 1. The average Bonchev–Trinajstić information content (AvgIpc) is 3.25. The number of methoxy groups -OCH3 is 1. The van der Waals surface area contributed by atoms with Gasteiger partial charge in [0, 0.05) is 25.1 Å². The summed E-state index contributed by atoms with van der Waals surface area (Å²) in [6, 6.07) is 13.0. The fourth-order valence-corrected chi connectivity index (χ4v) is 4.35. The monoisotopic (exact) mass is 439 g/mol. The molecule has 2 aromatic heterocycles. The van der Waals surface area contributed by atoms with Gasteiger partial charge in [0.1, 0.15) is 5.65 Å². The van der Waals surface area contributed by atoms with Crippen LogP contribution in [-0.4, -0.2) is 30.8 Å². The Balaban J connectivity index is 1.46. The van der Waals surface area contributed by atoms with Gasteiger partial charge < -0.3 is 14.5 Å². The van der Waals surface area contributed by atoms with Gasteiger partial charge in [0.05, 0.1) is 22.5 Å². The van der Waals surface area contributed by atoms with Gasteiger partial charge in [-0.2, -0.15) is 0 Å². The highest BCUT2D eigenvalue weighted by Gasteiger charge is 2.19. The number of halogens is 1. The molecule has 0 fully saturated rings. The predicted molar refractivity (Wildman–Crippen MR) is 111 cm³/mol. The van der Waals surface area contributed by atoms with Crippen LogP contribution in [0.4, 0.5) is 4.39 Å². The largest absolute Gasteiger partial charge is 0.494 e. The minimum Gasteiger partial charge on any atom is -0.494 e. The fourth-order valence-electron chi connectivity index (χ4n) is 3.08. The zero-order valence-corrected chi connectivity index (χ0v) is 17.3. The highest BCUT2D eigenvalue weighted by molar-refractivity contribution is 7.91. The lowest BCUT2D eigenvalue weighted by molar-refractivity contribution is 0.0950. The number of pyridine rings is 1.